The van der Waals surface area contributed by atoms with Crippen LogP contribution in [0.5, 0.6) is 5.75 Å². The van der Waals surface area contributed by atoms with Gasteiger partial charge in [0.15, 0.2) is 6.10 Å². The molecule has 1 aliphatic heterocycles. The maximum absolute atomic E-state index is 12.7. The Hall–Kier alpha value is -3.35. The molecule has 32 heavy (non-hydrogen) atoms. The summed E-state index contributed by atoms with van der Waals surface area (Å²) in [5.41, 5.74) is 3.86. The van der Waals surface area contributed by atoms with Crippen molar-refractivity contribution in [3.8, 4) is 5.75 Å². The standard InChI is InChI=1S/C26H28N2O4/c1-27(2)16-19-8-12-22(13-9-19)28-25(24(17-29)32-26(28)30)21-10-14-23(15-11-21)31-18-20-6-4-3-5-7-20/h3-15,24-25,29H,16-18H2,1-2H3/t24-,25?/m1/s1. The van der Waals surface area contributed by atoms with Gasteiger partial charge in [-0.25, -0.2) is 4.79 Å². The Morgan fingerprint density at radius 1 is 0.938 bits per heavy atom. The second-order valence-electron chi connectivity index (χ2n) is 8.17. The number of hydrogen-bond acceptors (Lipinski definition) is 5. The number of carbonyl (C=O) groups excluding carboxylic acids is 1. The minimum Gasteiger partial charge on any atom is -0.489 e. The maximum atomic E-state index is 12.7. The van der Waals surface area contributed by atoms with Crippen molar-refractivity contribution in [2.75, 3.05) is 25.6 Å². The van der Waals surface area contributed by atoms with Crippen molar-refractivity contribution in [3.63, 3.8) is 0 Å². The number of ether oxygens (including phenoxy) is 2. The van der Waals surface area contributed by atoms with Gasteiger partial charge >= 0.3 is 6.09 Å². The van der Waals surface area contributed by atoms with Gasteiger partial charge in [0.05, 0.1) is 6.61 Å². The van der Waals surface area contributed by atoms with Crippen molar-refractivity contribution >= 4 is 11.8 Å². The van der Waals surface area contributed by atoms with Crippen molar-refractivity contribution < 1.29 is 19.4 Å². The van der Waals surface area contributed by atoms with Gasteiger partial charge in [0, 0.05) is 12.2 Å². The number of benzene rings is 3. The molecule has 6 heteroatoms. The maximum Gasteiger partial charge on any atom is 0.415 e. The van der Waals surface area contributed by atoms with Gasteiger partial charge in [0.25, 0.3) is 0 Å². The summed E-state index contributed by atoms with van der Waals surface area (Å²) in [6.07, 6.45) is -1.10. The summed E-state index contributed by atoms with van der Waals surface area (Å²) < 4.78 is 11.3. The van der Waals surface area contributed by atoms with E-state index in [4.69, 9.17) is 9.47 Å². The second kappa shape index (κ2) is 9.85. The fourth-order valence-electron chi connectivity index (χ4n) is 3.93. The zero-order chi connectivity index (χ0) is 22.5. The molecule has 3 aromatic carbocycles. The molecule has 166 valence electrons. The molecule has 0 aromatic heterocycles. The molecular formula is C26H28N2O4. The molecule has 4 rings (SSSR count). The average molecular weight is 433 g/mol. The first kappa shape index (κ1) is 21.9. The Kier molecular flexibility index (Phi) is 6.73. The lowest BCUT2D eigenvalue weighted by Gasteiger charge is -2.25. The van der Waals surface area contributed by atoms with E-state index >= 15 is 0 Å². The predicted octanol–water partition coefficient (Wildman–Crippen LogP) is 4.39. The predicted molar refractivity (Wildman–Crippen MR) is 124 cm³/mol. The molecule has 3 aromatic rings. The number of cyclic esters (lactones) is 1. The third kappa shape index (κ3) is 4.93. The Morgan fingerprint density at radius 2 is 1.62 bits per heavy atom. The fourth-order valence-corrected chi connectivity index (χ4v) is 3.93. The van der Waals surface area contributed by atoms with E-state index < -0.39 is 18.2 Å². The van der Waals surface area contributed by atoms with E-state index in [0.29, 0.717) is 6.61 Å². The third-order valence-corrected chi connectivity index (χ3v) is 5.44. The Morgan fingerprint density at radius 3 is 2.25 bits per heavy atom. The molecule has 1 saturated heterocycles. The molecule has 6 nitrogen and oxygen atoms in total. The highest BCUT2D eigenvalue weighted by Crippen LogP contribution is 2.38. The number of nitrogens with zero attached hydrogens (tertiary/aromatic N) is 2. The molecule has 0 spiro atoms. The first-order valence-corrected chi connectivity index (χ1v) is 10.7. The monoisotopic (exact) mass is 432 g/mol. The Bertz CT molecular complexity index is 1020. The lowest BCUT2D eigenvalue weighted by Crippen LogP contribution is -2.30. The number of anilines is 1. The lowest BCUT2D eigenvalue weighted by molar-refractivity contribution is 0.0829. The van der Waals surface area contributed by atoms with Gasteiger partial charge in [-0.05, 0) is 55.1 Å². The number of aliphatic hydroxyl groups excluding tert-OH is 1. The van der Waals surface area contributed by atoms with Gasteiger partial charge < -0.3 is 19.5 Å². The van der Waals surface area contributed by atoms with Gasteiger partial charge in [-0.2, -0.15) is 0 Å². The molecule has 1 aliphatic rings. The quantitative estimate of drug-likeness (QED) is 0.572. The second-order valence-corrected chi connectivity index (χ2v) is 8.17. The van der Waals surface area contributed by atoms with Gasteiger partial charge in [-0.15, -0.1) is 0 Å². The van der Waals surface area contributed by atoms with Gasteiger partial charge in [-0.3, -0.25) is 4.90 Å². The molecule has 0 saturated carbocycles. The first-order valence-electron chi connectivity index (χ1n) is 10.7. The van der Waals surface area contributed by atoms with Gasteiger partial charge in [-0.1, -0.05) is 54.6 Å². The van der Waals surface area contributed by atoms with Crippen LogP contribution in [0, 0.1) is 0 Å². The van der Waals surface area contributed by atoms with Crippen LogP contribution in [0.15, 0.2) is 78.9 Å². The number of hydrogen-bond donors (Lipinski definition) is 1. The molecule has 1 fully saturated rings. The van der Waals surface area contributed by atoms with Crippen LogP contribution in [0.2, 0.25) is 0 Å². The SMILES string of the molecule is CN(C)Cc1ccc(N2C(=O)O[C@H](CO)C2c2ccc(OCc3ccccc3)cc2)cc1. The third-order valence-electron chi connectivity index (χ3n) is 5.44. The normalized spacial score (nSPS) is 18.1. The van der Waals surface area contributed by atoms with Crippen molar-refractivity contribution in [2.45, 2.75) is 25.3 Å². The number of aliphatic hydroxyl groups is 1. The summed E-state index contributed by atoms with van der Waals surface area (Å²) in [6.45, 7) is 1.05. The molecule has 1 N–H and O–H groups in total. The highest BCUT2D eigenvalue weighted by Gasteiger charge is 2.43. The average Bonchev–Trinajstić information content (AvgIpc) is 3.15. The molecule has 2 atom stereocenters. The van der Waals surface area contributed by atoms with Crippen molar-refractivity contribution in [3.05, 3.63) is 95.6 Å². The molecule has 1 unspecified atom stereocenters. The summed E-state index contributed by atoms with van der Waals surface area (Å²) in [4.78, 5) is 16.4. The van der Waals surface area contributed by atoms with Crippen LogP contribution in [-0.2, 0) is 17.9 Å². The van der Waals surface area contributed by atoms with Crippen LogP contribution in [0.3, 0.4) is 0 Å². The lowest BCUT2D eigenvalue weighted by atomic mass is 10.00. The van der Waals surface area contributed by atoms with E-state index in [0.717, 1.165) is 34.7 Å². The van der Waals surface area contributed by atoms with Crippen molar-refractivity contribution in [1.82, 2.24) is 4.90 Å². The van der Waals surface area contributed by atoms with Crippen LogP contribution in [0.4, 0.5) is 10.5 Å². The van der Waals surface area contributed by atoms with Crippen LogP contribution < -0.4 is 9.64 Å². The zero-order valence-corrected chi connectivity index (χ0v) is 18.3. The summed E-state index contributed by atoms with van der Waals surface area (Å²) in [5, 5.41) is 9.85. The smallest absolute Gasteiger partial charge is 0.415 e. The van der Waals surface area contributed by atoms with E-state index in [1.165, 1.54) is 0 Å². The van der Waals surface area contributed by atoms with E-state index in [1.54, 1.807) is 4.90 Å². The molecule has 0 aliphatic carbocycles. The number of amides is 1. The summed E-state index contributed by atoms with van der Waals surface area (Å²) in [6, 6.07) is 25.0. The van der Waals surface area contributed by atoms with Crippen LogP contribution >= 0.6 is 0 Å². The molecule has 0 bridgehead atoms. The topological polar surface area (TPSA) is 62.2 Å². The molecule has 0 radical (unpaired) electrons. The zero-order valence-electron chi connectivity index (χ0n) is 18.3. The number of carbonyl (C=O) groups is 1. The van der Waals surface area contributed by atoms with E-state index in [9.17, 15) is 9.90 Å². The van der Waals surface area contributed by atoms with E-state index in [1.807, 2.05) is 93.0 Å². The minimum atomic E-state index is -0.639. The van der Waals surface area contributed by atoms with Gasteiger partial charge in [0.2, 0.25) is 0 Å². The van der Waals surface area contributed by atoms with E-state index in [2.05, 4.69) is 4.90 Å². The number of rotatable bonds is 8. The summed E-state index contributed by atoms with van der Waals surface area (Å²) in [5.74, 6) is 0.739. The van der Waals surface area contributed by atoms with Crippen molar-refractivity contribution in [1.29, 1.82) is 0 Å². The van der Waals surface area contributed by atoms with Gasteiger partial charge in [0.1, 0.15) is 18.4 Å². The fraction of sp³-hybridized carbons (Fsp3) is 0.269. The largest absolute Gasteiger partial charge is 0.489 e. The highest BCUT2D eigenvalue weighted by molar-refractivity contribution is 5.91. The summed E-state index contributed by atoms with van der Waals surface area (Å²) >= 11 is 0. The molecular weight excluding hydrogens is 404 g/mol. The minimum absolute atomic E-state index is 0.252. The molecule has 1 heterocycles. The molecule has 1 amide bonds. The summed E-state index contributed by atoms with van der Waals surface area (Å²) in [7, 11) is 4.03. The van der Waals surface area contributed by atoms with E-state index in [-0.39, 0.29) is 6.61 Å². The van der Waals surface area contributed by atoms with Crippen molar-refractivity contribution in [2.24, 2.45) is 0 Å². The van der Waals surface area contributed by atoms with Crippen LogP contribution in [0.25, 0.3) is 0 Å². The highest BCUT2D eigenvalue weighted by atomic mass is 16.6. The van der Waals surface area contributed by atoms with Crippen LogP contribution in [-0.4, -0.2) is 42.9 Å². The Labute approximate surface area is 188 Å². The first-order chi connectivity index (χ1) is 15.5. The Balaban J connectivity index is 1.53. The van der Waals surface area contributed by atoms with Crippen LogP contribution in [0.1, 0.15) is 22.7 Å².